The molecule has 14 heavy (non-hydrogen) atoms. The number of hydrogen-bond donors (Lipinski definition) is 1. The summed E-state index contributed by atoms with van der Waals surface area (Å²) in [5, 5.41) is 9.38. The fraction of sp³-hybridized carbons (Fsp3) is 0.600. The van der Waals surface area contributed by atoms with Crippen LogP contribution in [0.3, 0.4) is 0 Å². The molecule has 0 amide bonds. The molecule has 0 saturated carbocycles. The van der Waals surface area contributed by atoms with Gasteiger partial charge >= 0.3 is 0 Å². The number of aliphatic hydroxyl groups excluding tert-OH is 1. The lowest BCUT2D eigenvalue weighted by Gasteiger charge is -2.31. The van der Waals surface area contributed by atoms with E-state index in [-0.39, 0.29) is 6.10 Å². The van der Waals surface area contributed by atoms with Crippen LogP contribution < -0.4 is 4.90 Å². The van der Waals surface area contributed by atoms with Gasteiger partial charge in [0.1, 0.15) is 12.1 Å². The molecule has 0 unspecified atom stereocenters. The molecule has 1 aromatic rings. The van der Waals surface area contributed by atoms with Crippen LogP contribution >= 0.6 is 0 Å². The van der Waals surface area contributed by atoms with Crippen molar-refractivity contribution in [1.29, 1.82) is 0 Å². The number of aliphatic hydroxyl groups is 1. The average Bonchev–Trinajstić information content (AvgIpc) is 2.20. The van der Waals surface area contributed by atoms with Crippen LogP contribution in [0.5, 0.6) is 0 Å². The molecular weight excluding hydrogens is 178 g/mol. The van der Waals surface area contributed by atoms with Gasteiger partial charge in [-0.15, -0.1) is 0 Å². The van der Waals surface area contributed by atoms with E-state index >= 15 is 0 Å². The number of hydrogen-bond acceptors (Lipinski definition) is 4. The fourth-order valence-corrected chi connectivity index (χ4v) is 1.80. The Morgan fingerprint density at radius 3 is 2.79 bits per heavy atom. The van der Waals surface area contributed by atoms with Gasteiger partial charge in [0.05, 0.1) is 6.10 Å². The highest BCUT2D eigenvalue weighted by atomic mass is 16.3. The van der Waals surface area contributed by atoms with Gasteiger partial charge in [-0.1, -0.05) is 0 Å². The molecule has 1 aliphatic heterocycles. The maximum Gasteiger partial charge on any atom is 0.134 e. The zero-order chi connectivity index (χ0) is 9.97. The van der Waals surface area contributed by atoms with Gasteiger partial charge in [-0.2, -0.15) is 0 Å². The third kappa shape index (κ3) is 1.85. The Kier molecular flexibility index (Phi) is 2.63. The first kappa shape index (κ1) is 9.40. The molecular formula is C10H15N3O. The van der Waals surface area contributed by atoms with Crippen LogP contribution in [0.1, 0.15) is 18.4 Å². The molecule has 4 nitrogen and oxygen atoms in total. The zero-order valence-corrected chi connectivity index (χ0v) is 8.35. The summed E-state index contributed by atoms with van der Waals surface area (Å²) in [4.78, 5) is 10.4. The van der Waals surface area contributed by atoms with Gasteiger partial charge in [-0.05, 0) is 19.8 Å². The van der Waals surface area contributed by atoms with Crippen molar-refractivity contribution in [2.45, 2.75) is 25.9 Å². The first-order valence-electron chi connectivity index (χ1n) is 4.97. The first-order valence-corrected chi connectivity index (χ1v) is 4.97. The second kappa shape index (κ2) is 3.92. The van der Waals surface area contributed by atoms with E-state index in [9.17, 15) is 5.11 Å². The standard InChI is InChI=1S/C10H15N3O/c1-8-6-11-7-12-10(8)13-4-2-9(14)3-5-13/h6-7,9,14H,2-5H2,1H3. The second-order valence-corrected chi connectivity index (χ2v) is 3.75. The topological polar surface area (TPSA) is 49.2 Å². The van der Waals surface area contributed by atoms with Crippen molar-refractivity contribution in [2.24, 2.45) is 0 Å². The largest absolute Gasteiger partial charge is 0.393 e. The van der Waals surface area contributed by atoms with Gasteiger partial charge < -0.3 is 10.0 Å². The van der Waals surface area contributed by atoms with Crippen LogP contribution in [-0.4, -0.2) is 34.3 Å². The maximum absolute atomic E-state index is 9.38. The van der Waals surface area contributed by atoms with Gasteiger partial charge in [-0.3, -0.25) is 0 Å². The Morgan fingerprint density at radius 1 is 1.43 bits per heavy atom. The van der Waals surface area contributed by atoms with Gasteiger partial charge in [-0.25, -0.2) is 9.97 Å². The average molecular weight is 193 g/mol. The summed E-state index contributed by atoms with van der Waals surface area (Å²) in [6, 6.07) is 0. The summed E-state index contributed by atoms with van der Waals surface area (Å²) in [5.41, 5.74) is 1.10. The Labute approximate surface area is 83.6 Å². The highest BCUT2D eigenvalue weighted by molar-refractivity contribution is 5.44. The number of aromatic nitrogens is 2. The fourth-order valence-electron chi connectivity index (χ4n) is 1.80. The van der Waals surface area contributed by atoms with Crippen LogP contribution in [0.25, 0.3) is 0 Å². The molecule has 2 heterocycles. The van der Waals surface area contributed by atoms with Crippen LogP contribution in [0.4, 0.5) is 5.82 Å². The van der Waals surface area contributed by atoms with Gasteiger partial charge in [0.2, 0.25) is 0 Å². The molecule has 0 atom stereocenters. The minimum atomic E-state index is -0.131. The molecule has 1 saturated heterocycles. The van der Waals surface area contributed by atoms with E-state index in [2.05, 4.69) is 14.9 Å². The third-order valence-electron chi connectivity index (χ3n) is 2.63. The van der Waals surface area contributed by atoms with E-state index in [1.807, 2.05) is 13.1 Å². The van der Waals surface area contributed by atoms with Gasteiger partial charge in [0.25, 0.3) is 0 Å². The number of nitrogens with zero attached hydrogens (tertiary/aromatic N) is 3. The molecule has 0 radical (unpaired) electrons. The van der Waals surface area contributed by atoms with Crippen molar-refractivity contribution in [3.05, 3.63) is 18.1 Å². The van der Waals surface area contributed by atoms with E-state index in [4.69, 9.17) is 0 Å². The number of rotatable bonds is 1. The summed E-state index contributed by atoms with van der Waals surface area (Å²) in [5.74, 6) is 1.01. The molecule has 1 aromatic heterocycles. The lowest BCUT2D eigenvalue weighted by Crippen LogP contribution is -2.36. The van der Waals surface area contributed by atoms with Crippen LogP contribution in [0, 0.1) is 6.92 Å². The SMILES string of the molecule is Cc1cncnc1N1CCC(O)CC1. The highest BCUT2D eigenvalue weighted by Crippen LogP contribution is 2.19. The van der Waals surface area contributed by atoms with Crippen molar-refractivity contribution in [3.63, 3.8) is 0 Å². The van der Waals surface area contributed by atoms with Crippen molar-refractivity contribution < 1.29 is 5.11 Å². The Balaban J connectivity index is 2.12. The maximum atomic E-state index is 9.38. The van der Waals surface area contributed by atoms with Crippen LogP contribution in [0.2, 0.25) is 0 Å². The number of anilines is 1. The minimum absolute atomic E-state index is 0.131. The zero-order valence-electron chi connectivity index (χ0n) is 8.35. The predicted octanol–water partition coefficient (Wildman–Crippen LogP) is 0.746. The molecule has 0 aromatic carbocycles. The monoisotopic (exact) mass is 193 g/mol. The molecule has 0 aliphatic carbocycles. The molecule has 4 heteroatoms. The molecule has 1 fully saturated rings. The van der Waals surface area contributed by atoms with E-state index < -0.39 is 0 Å². The van der Waals surface area contributed by atoms with Gasteiger partial charge in [0.15, 0.2) is 0 Å². The van der Waals surface area contributed by atoms with Gasteiger partial charge in [0, 0.05) is 24.8 Å². The Bertz CT molecular complexity index is 308. The molecule has 0 bridgehead atoms. The van der Waals surface area contributed by atoms with E-state index in [1.165, 1.54) is 0 Å². The summed E-state index contributed by atoms with van der Waals surface area (Å²) in [6.07, 6.45) is 4.95. The van der Waals surface area contributed by atoms with Crippen LogP contribution in [-0.2, 0) is 0 Å². The van der Waals surface area contributed by atoms with E-state index in [1.54, 1.807) is 6.33 Å². The molecule has 76 valence electrons. The van der Waals surface area contributed by atoms with E-state index in [0.29, 0.717) is 0 Å². The van der Waals surface area contributed by atoms with Crippen LogP contribution in [0.15, 0.2) is 12.5 Å². The normalized spacial score (nSPS) is 18.6. The Morgan fingerprint density at radius 2 is 2.14 bits per heavy atom. The van der Waals surface area contributed by atoms with Crippen molar-refractivity contribution in [3.8, 4) is 0 Å². The lowest BCUT2D eigenvalue weighted by atomic mass is 10.1. The smallest absolute Gasteiger partial charge is 0.134 e. The summed E-state index contributed by atoms with van der Waals surface area (Å²) in [7, 11) is 0. The third-order valence-corrected chi connectivity index (χ3v) is 2.63. The lowest BCUT2D eigenvalue weighted by molar-refractivity contribution is 0.145. The summed E-state index contributed by atoms with van der Waals surface area (Å²) < 4.78 is 0. The quantitative estimate of drug-likeness (QED) is 0.715. The second-order valence-electron chi connectivity index (χ2n) is 3.75. The minimum Gasteiger partial charge on any atom is -0.393 e. The molecule has 0 spiro atoms. The summed E-state index contributed by atoms with van der Waals surface area (Å²) >= 11 is 0. The van der Waals surface area contributed by atoms with E-state index in [0.717, 1.165) is 37.3 Å². The predicted molar refractivity (Wildman–Crippen MR) is 54.2 cm³/mol. The van der Waals surface area contributed by atoms with Crippen molar-refractivity contribution in [1.82, 2.24) is 9.97 Å². The Hall–Kier alpha value is -1.16. The first-order chi connectivity index (χ1) is 6.77. The van der Waals surface area contributed by atoms with Crippen molar-refractivity contribution in [2.75, 3.05) is 18.0 Å². The highest BCUT2D eigenvalue weighted by Gasteiger charge is 2.18. The number of piperidine rings is 1. The molecule has 1 N–H and O–H groups in total. The number of aryl methyl sites for hydroxylation is 1. The summed E-state index contributed by atoms with van der Waals surface area (Å²) in [6.45, 7) is 3.79. The molecule has 2 rings (SSSR count). The molecule has 1 aliphatic rings. The van der Waals surface area contributed by atoms with Crippen molar-refractivity contribution >= 4 is 5.82 Å².